The summed E-state index contributed by atoms with van der Waals surface area (Å²) in [4.78, 5) is 44.4. The molecular formula is C24H22N4O3S. The van der Waals surface area contributed by atoms with E-state index in [0.717, 1.165) is 16.7 Å². The van der Waals surface area contributed by atoms with Gasteiger partial charge in [-0.25, -0.2) is 4.98 Å². The Morgan fingerprint density at radius 1 is 1.09 bits per heavy atom. The molecule has 2 heterocycles. The van der Waals surface area contributed by atoms with Gasteiger partial charge < -0.3 is 10.2 Å². The zero-order valence-electron chi connectivity index (χ0n) is 17.7. The van der Waals surface area contributed by atoms with Crippen LogP contribution in [-0.2, 0) is 16.1 Å². The number of aromatic nitrogens is 2. The van der Waals surface area contributed by atoms with Gasteiger partial charge in [0.1, 0.15) is 11.4 Å². The van der Waals surface area contributed by atoms with Crippen LogP contribution in [0.15, 0.2) is 71.1 Å². The molecule has 4 aromatic rings. The fourth-order valence-corrected chi connectivity index (χ4v) is 4.22. The summed E-state index contributed by atoms with van der Waals surface area (Å²) in [5, 5.41) is 5.17. The number of aryl methyl sites for hydroxylation is 1. The van der Waals surface area contributed by atoms with E-state index < -0.39 is 0 Å². The number of anilines is 1. The molecule has 0 saturated carbocycles. The molecule has 0 fully saturated rings. The lowest BCUT2D eigenvalue weighted by atomic mass is 10.1. The van der Waals surface area contributed by atoms with E-state index >= 15 is 0 Å². The fourth-order valence-electron chi connectivity index (χ4n) is 3.32. The van der Waals surface area contributed by atoms with Crippen LogP contribution in [-0.4, -0.2) is 39.9 Å². The molecule has 0 radical (unpaired) electrons. The van der Waals surface area contributed by atoms with Crippen LogP contribution in [0.4, 0.5) is 5.69 Å². The first kappa shape index (κ1) is 21.5. The summed E-state index contributed by atoms with van der Waals surface area (Å²) in [6.45, 7) is 1.65. The van der Waals surface area contributed by atoms with Crippen molar-refractivity contribution in [3.05, 3.63) is 82.2 Å². The van der Waals surface area contributed by atoms with Crippen molar-refractivity contribution < 1.29 is 9.59 Å². The predicted molar refractivity (Wildman–Crippen MR) is 127 cm³/mol. The van der Waals surface area contributed by atoms with Crippen molar-refractivity contribution in [1.82, 2.24) is 14.5 Å². The number of likely N-dealkylation sites (N-methyl/N-ethyl adjacent to an activating group) is 1. The van der Waals surface area contributed by atoms with E-state index in [9.17, 15) is 14.4 Å². The summed E-state index contributed by atoms with van der Waals surface area (Å²) in [5.74, 6) is -0.668. The third kappa shape index (κ3) is 4.60. The van der Waals surface area contributed by atoms with Gasteiger partial charge in [0.05, 0.1) is 18.3 Å². The van der Waals surface area contributed by atoms with Crippen molar-refractivity contribution in [3.63, 3.8) is 0 Å². The molecular weight excluding hydrogens is 424 g/mol. The molecule has 0 saturated heterocycles. The molecule has 162 valence electrons. The van der Waals surface area contributed by atoms with E-state index in [-0.39, 0.29) is 30.5 Å². The van der Waals surface area contributed by atoms with Gasteiger partial charge >= 0.3 is 0 Å². The third-order valence-corrected chi connectivity index (χ3v) is 5.98. The lowest BCUT2D eigenvalue weighted by Crippen LogP contribution is -2.38. The number of amides is 2. The molecule has 2 amide bonds. The van der Waals surface area contributed by atoms with Gasteiger partial charge in [-0.15, -0.1) is 11.3 Å². The van der Waals surface area contributed by atoms with Crippen molar-refractivity contribution in [2.24, 2.45) is 0 Å². The van der Waals surface area contributed by atoms with Crippen molar-refractivity contribution in [3.8, 4) is 11.1 Å². The van der Waals surface area contributed by atoms with Gasteiger partial charge in [-0.05, 0) is 24.6 Å². The van der Waals surface area contributed by atoms with Gasteiger partial charge in [-0.1, -0.05) is 48.0 Å². The van der Waals surface area contributed by atoms with Gasteiger partial charge in [-0.2, -0.15) is 0 Å². The van der Waals surface area contributed by atoms with Gasteiger partial charge in [0.15, 0.2) is 0 Å². The predicted octanol–water partition coefficient (Wildman–Crippen LogP) is 3.53. The van der Waals surface area contributed by atoms with Crippen LogP contribution in [0.2, 0.25) is 0 Å². The molecule has 1 N–H and O–H groups in total. The second-order valence-electron chi connectivity index (χ2n) is 7.54. The Morgan fingerprint density at radius 2 is 1.81 bits per heavy atom. The molecule has 0 aliphatic heterocycles. The summed E-state index contributed by atoms with van der Waals surface area (Å²) in [6, 6.07) is 17.0. The van der Waals surface area contributed by atoms with Gasteiger partial charge in [0, 0.05) is 23.7 Å². The minimum absolute atomic E-state index is 0.120. The SMILES string of the molecule is Cc1ccc(NC(=O)CN(C)C(=O)Cn2cnc3scc(-c4ccccc4)c3c2=O)cc1. The second kappa shape index (κ2) is 9.15. The maximum absolute atomic E-state index is 13.1. The van der Waals surface area contributed by atoms with Crippen molar-refractivity contribution in [2.75, 3.05) is 18.9 Å². The van der Waals surface area contributed by atoms with Crippen molar-refractivity contribution in [2.45, 2.75) is 13.5 Å². The summed E-state index contributed by atoms with van der Waals surface area (Å²) in [5.41, 5.74) is 3.20. The molecule has 0 atom stereocenters. The molecule has 0 spiro atoms. The number of carbonyl (C=O) groups excluding carboxylic acids is 2. The van der Waals surface area contributed by atoms with Gasteiger partial charge in [-0.3, -0.25) is 19.0 Å². The average Bonchev–Trinajstić information content (AvgIpc) is 3.22. The first-order chi connectivity index (χ1) is 15.4. The summed E-state index contributed by atoms with van der Waals surface area (Å²) in [6.07, 6.45) is 1.38. The number of hydrogen-bond donors (Lipinski definition) is 1. The molecule has 7 nitrogen and oxygen atoms in total. The third-order valence-electron chi connectivity index (χ3n) is 5.09. The first-order valence-corrected chi connectivity index (χ1v) is 10.9. The number of rotatable bonds is 6. The summed E-state index contributed by atoms with van der Waals surface area (Å²) < 4.78 is 1.29. The standard InChI is InChI=1S/C24H22N4O3S/c1-16-8-10-18(11-9-16)26-20(29)12-27(2)21(30)13-28-15-25-23-22(24(28)31)19(14-32-23)17-6-4-3-5-7-17/h3-11,14-15H,12-13H2,1-2H3,(H,26,29). The summed E-state index contributed by atoms with van der Waals surface area (Å²) in [7, 11) is 1.54. The maximum atomic E-state index is 13.1. The molecule has 0 unspecified atom stereocenters. The summed E-state index contributed by atoms with van der Waals surface area (Å²) >= 11 is 1.39. The normalized spacial score (nSPS) is 10.8. The van der Waals surface area contributed by atoms with Crippen LogP contribution in [0.1, 0.15) is 5.56 Å². The van der Waals surface area contributed by atoms with Gasteiger partial charge in [0.25, 0.3) is 5.56 Å². The topological polar surface area (TPSA) is 84.3 Å². The lowest BCUT2D eigenvalue weighted by Gasteiger charge is -2.17. The highest BCUT2D eigenvalue weighted by atomic mass is 32.1. The highest BCUT2D eigenvalue weighted by molar-refractivity contribution is 7.17. The van der Waals surface area contributed by atoms with E-state index in [0.29, 0.717) is 15.9 Å². The quantitative estimate of drug-likeness (QED) is 0.491. The van der Waals surface area contributed by atoms with Crippen LogP contribution >= 0.6 is 11.3 Å². The van der Waals surface area contributed by atoms with E-state index in [1.165, 1.54) is 34.2 Å². The number of benzene rings is 2. The molecule has 32 heavy (non-hydrogen) atoms. The Hall–Kier alpha value is -3.78. The van der Waals surface area contributed by atoms with E-state index in [1.807, 2.05) is 54.8 Å². The van der Waals surface area contributed by atoms with Crippen LogP contribution in [0.3, 0.4) is 0 Å². The Labute approximate surface area is 189 Å². The van der Waals surface area contributed by atoms with Crippen molar-refractivity contribution in [1.29, 1.82) is 0 Å². The number of hydrogen-bond acceptors (Lipinski definition) is 5. The van der Waals surface area contributed by atoms with Crippen LogP contribution in [0, 0.1) is 6.92 Å². The second-order valence-corrected chi connectivity index (χ2v) is 8.40. The Kier molecular flexibility index (Phi) is 6.13. The largest absolute Gasteiger partial charge is 0.335 e. The Morgan fingerprint density at radius 3 is 2.53 bits per heavy atom. The zero-order chi connectivity index (χ0) is 22.7. The van der Waals surface area contributed by atoms with Crippen LogP contribution in [0.25, 0.3) is 21.3 Å². The Bertz CT molecular complexity index is 1330. The number of nitrogens with zero attached hydrogens (tertiary/aromatic N) is 3. The van der Waals surface area contributed by atoms with Crippen LogP contribution < -0.4 is 10.9 Å². The molecule has 4 rings (SSSR count). The highest BCUT2D eigenvalue weighted by Gasteiger charge is 2.17. The minimum Gasteiger partial charge on any atom is -0.335 e. The number of fused-ring (bicyclic) bond motifs is 1. The van der Waals surface area contributed by atoms with Crippen LogP contribution in [0.5, 0.6) is 0 Å². The first-order valence-electron chi connectivity index (χ1n) is 10.0. The smallest absolute Gasteiger partial charge is 0.263 e. The fraction of sp³-hybridized carbons (Fsp3) is 0.167. The molecule has 2 aromatic heterocycles. The van der Waals surface area contributed by atoms with Crippen molar-refractivity contribution >= 4 is 39.1 Å². The van der Waals surface area contributed by atoms with E-state index in [4.69, 9.17) is 0 Å². The van der Waals surface area contributed by atoms with Gasteiger partial charge in [0.2, 0.25) is 11.8 Å². The number of carbonyl (C=O) groups is 2. The molecule has 0 aliphatic rings. The monoisotopic (exact) mass is 446 g/mol. The zero-order valence-corrected chi connectivity index (χ0v) is 18.6. The van der Waals surface area contributed by atoms with E-state index in [2.05, 4.69) is 10.3 Å². The Balaban J connectivity index is 1.48. The molecule has 0 bridgehead atoms. The maximum Gasteiger partial charge on any atom is 0.263 e. The number of thiophene rings is 1. The molecule has 0 aliphatic carbocycles. The van der Waals surface area contributed by atoms with E-state index in [1.54, 1.807) is 12.1 Å². The average molecular weight is 447 g/mol. The molecule has 8 heteroatoms. The number of nitrogens with one attached hydrogen (secondary N) is 1. The molecule has 2 aromatic carbocycles. The lowest BCUT2D eigenvalue weighted by molar-refractivity contribution is -0.133. The highest BCUT2D eigenvalue weighted by Crippen LogP contribution is 2.30. The minimum atomic E-state index is -0.358.